The zero-order chi connectivity index (χ0) is 21.3. The molecular weight excluding hydrogens is 428 g/mol. The van der Waals surface area contributed by atoms with Crippen LogP contribution in [-0.4, -0.2) is 37.7 Å². The molecule has 0 amide bonds. The summed E-state index contributed by atoms with van der Waals surface area (Å²) >= 11 is 2.86. The number of esters is 1. The van der Waals surface area contributed by atoms with Crippen LogP contribution in [-0.2, 0) is 16.9 Å². The fraction of sp³-hybridized carbons (Fsp3) is 0.333. The zero-order valence-electron chi connectivity index (χ0n) is 16.5. The number of furan rings is 1. The quantitative estimate of drug-likeness (QED) is 0.330. The van der Waals surface area contributed by atoms with Gasteiger partial charge >= 0.3 is 5.97 Å². The first-order chi connectivity index (χ1) is 14.4. The molecule has 0 radical (unpaired) electrons. The minimum absolute atomic E-state index is 0.153. The molecule has 4 aromatic rings. The molecule has 0 aliphatic carbocycles. The first kappa shape index (κ1) is 20.3. The van der Waals surface area contributed by atoms with Crippen LogP contribution < -0.4 is 5.73 Å². The molecule has 0 fully saturated rings. The Bertz CT molecular complexity index is 1210. The van der Waals surface area contributed by atoms with Crippen LogP contribution in [0.5, 0.6) is 0 Å². The van der Waals surface area contributed by atoms with E-state index in [0.29, 0.717) is 40.3 Å². The van der Waals surface area contributed by atoms with Crippen molar-refractivity contribution >= 4 is 46.0 Å². The molecule has 10 nitrogen and oxygen atoms in total. The number of thioether (sulfide) groups is 1. The molecule has 4 aromatic heterocycles. The number of fused-ring (bicyclic) bond motifs is 1. The Morgan fingerprint density at radius 2 is 2.07 bits per heavy atom. The highest BCUT2D eigenvalue weighted by Crippen LogP contribution is 2.30. The van der Waals surface area contributed by atoms with Gasteiger partial charge in [-0.25, -0.2) is 14.8 Å². The van der Waals surface area contributed by atoms with E-state index in [2.05, 4.69) is 25.1 Å². The lowest BCUT2D eigenvalue weighted by atomic mass is 10.2. The van der Waals surface area contributed by atoms with Gasteiger partial charge in [0.25, 0.3) is 5.22 Å². The van der Waals surface area contributed by atoms with E-state index in [4.69, 9.17) is 19.3 Å². The van der Waals surface area contributed by atoms with Gasteiger partial charge in [0.2, 0.25) is 11.6 Å². The van der Waals surface area contributed by atoms with Crippen molar-refractivity contribution in [1.29, 1.82) is 0 Å². The summed E-state index contributed by atoms with van der Waals surface area (Å²) in [6, 6.07) is 0. The Kier molecular flexibility index (Phi) is 5.68. The van der Waals surface area contributed by atoms with E-state index in [0.717, 1.165) is 10.7 Å². The standard InChI is InChI=1S/C18H18N6O4S2/c1-4-26-17(25)13-8(2)27-16-14(13)15(19)21-11(22-16)7-30-18-24-23-12(28-18)5-10-6-29-9(3)20-10/h6H,4-5,7H2,1-3H3,(H2,19,21,22). The number of nitrogens with two attached hydrogens (primary N) is 1. The SMILES string of the molecule is CCOC(=O)c1c(C)oc2nc(CSc3nnc(Cc4csc(C)n4)o3)nc(N)c12. The number of carbonyl (C=O) groups is 1. The lowest BCUT2D eigenvalue weighted by molar-refractivity contribution is 0.0526. The van der Waals surface area contributed by atoms with Gasteiger partial charge in [0.05, 0.1) is 34.9 Å². The molecule has 2 N–H and O–H groups in total. The van der Waals surface area contributed by atoms with Crippen LogP contribution in [0.2, 0.25) is 0 Å². The van der Waals surface area contributed by atoms with E-state index in [1.54, 1.807) is 25.2 Å². The number of aryl methyl sites for hydroxylation is 2. The van der Waals surface area contributed by atoms with Crippen molar-refractivity contribution in [3.63, 3.8) is 0 Å². The van der Waals surface area contributed by atoms with Crippen molar-refractivity contribution in [1.82, 2.24) is 25.1 Å². The summed E-state index contributed by atoms with van der Waals surface area (Å²) in [6.45, 7) is 5.58. The zero-order valence-corrected chi connectivity index (χ0v) is 18.1. The average molecular weight is 447 g/mol. The summed E-state index contributed by atoms with van der Waals surface area (Å²) in [7, 11) is 0. The second kappa shape index (κ2) is 8.40. The van der Waals surface area contributed by atoms with Crippen molar-refractivity contribution in [3.05, 3.63) is 39.1 Å². The van der Waals surface area contributed by atoms with Crippen LogP contribution in [0.3, 0.4) is 0 Å². The summed E-state index contributed by atoms with van der Waals surface area (Å²) in [5.41, 5.74) is 7.47. The maximum absolute atomic E-state index is 12.2. The molecule has 0 saturated carbocycles. The molecule has 0 bridgehead atoms. The minimum Gasteiger partial charge on any atom is -0.462 e. The number of thiazole rings is 1. The molecular formula is C18H18N6O4S2. The first-order valence-corrected chi connectivity index (χ1v) is 10.9. The van der Waals surface area contributed by atoms with E-state index in [1.807, 2.05) is 12.3 Å². The predicted molar refractivity (Wildman–Crippen MR) is 110 cm³/mol. The summed E-state index contributed by atoms with van der Waals surface area (Å²) in [5.74, 6) is 1.27. The number of hydrogen-bond donors (Lipinski definition) is 1. The highest BCUT2D eigenvalue weighted by Gasteiger charge is 2.24. The molecule has 0 aliphatic heterocycles. The van der Waals surface area contributed by atoms with Crippen LogP contribution in [0.1, 0.15) is 45.5 Å². The average Bonchev–Trinajstić information content (AvgIpc) is 3.39. The van der Waals surface area contributed by atoms with Crippen LogP contribution >= 0.6 is 23.1 Å². The molecule has 0 saturated heterocycles. The number of nitrogens with zero attached hydrogens (tertiary/aromatic N) is 5. The van der Waals surface area contributed by atoms with Crippen LogP contribution in [0.4, 0.5) is 5.82 Å². The Labute approximate surface area is 179 Å². The Balaban J connectivity index is 1.49. The van der Waals surface area contributed by atoms with Gasteiger partial charge in [-0.3, -0.25) is 0 Å². The molecule has 0 aliphatic rings. The van der Waals surface area contributed by atoms with E-state index in [-0.39, 0.29) is 23.7 Å². The number of carbonyl (C=O) groups excluding carboxylic acids is 1. The fourth-order valence-electron chi connectivity index (χ4n) is 2.84. The molecule has 0 aromatic carbocycles. The second-order valence-corrected chi connectivity index (χ2v) is 8.23. The van der Waals surface area contributed by atoms with E-state index in [9.17, 15) is 4.79 Å². The monoisotopic (exact) mass is 446 g/mol. The van der Waals surface area contributed by atoms with Gasteiger partial charge < -0.3 is 19.3 Å². The fourth-order valence-corrected chi connectivity index (χ4v) is 4.08. The molecule has 12 heteroatoms. The third kappa shape index (κ3) is 4.14. The molecule has 0 atom stereocenters. The topological polar surface area (TPSA) is 143 Å². The Morgan fingerprint density at radius 1 is 1.23 bits per heavy atom. The summed E-state index contributed by atoms with van der Waals surface area (Å²) in [5, 5.41) is 11.8. The number of nitrogen functional groups attached to an aromatic ring is 1. The minimum atomic E-state index is -0.514. The van der Waals surface area contributed by atoms with E-state index < -0.39 is 5.97 Å². The van der Waals surface area contributed by atoms with E-state index in [1.165, 1.54) is 11.8 Å². The summed E-state index contributed by atoms with van der Waals surface area (Å²) in [4.78, 5) is 25.2. The summed E-state index contributed by atoms with van der Waals surface area (Å²) < 4.78 is 16.3. The molecule has 0 unspecified atom stereocenters. The van der Waals surface area contributed by atoms with Crippen LogP contribution in [0, 0.1) is 13.8 Å². The van der Waals surface area contributed by atoms with Gasteiger partial charge in [-0.2, -0.15) is 4.98 Å². The lowest BCUT2D eigenvalue weighted by Gasteiger charge is -2.03. The smallest absolute Gasteiger partial charge is 0.342 e. The molecule has 30 heavy (non-hydrogen) atoms. The first-order valence-electron chi connectivity index (χ1n) is 9.03. The maximum atomic E-state index is 12.2. The Morgan fingerprint density at radius 3 is 2.80 bits per heavy atom. The molecule has 4 rings (SSSR count). The predicted octanol–water partition coefficient (Wildman–Crippen LogP) is 3.32. The summed E-state index contributed by atoms with van der Waals surface area (Å²) in [6.07, 6.45) is 0.482. The maximum Gasteiger partial charge on any atom is 0.342 e. The number of hydrogen-bond acceptors (Lipinski definition) is 12. The van der Waals surface area contributed by atoms with Crippen molar-refractivity contribution in [2.75, 3.05) is 12.3 Å². The second-order valence-electron chi connectivity index (χ2n) is 6.24. The van der Waals surface area contributed by atoms with Crippen molar-refractivity contribution in [2.45, 2.75) is 38.2 Å². The van der Waals surface area contributed by atoms with Gasteiger partial charge in [-0.05, 0) is 20.8 Å². The third-order valence-corrected chi connectivity index (χ3v) is 5.69. The van der Waals surface area contributed by atoms with Gasteiger partial charge in [0.15, 0.2) is 0 Å². The van der Waals surface area contributed by atoms with Crippen molar-refractivity contribution in [3.8, 4) is 0 Å². The highest BCUT2D eigenvalue weighted by molar-refractivity contribution is 7.98. The molecule has 156 valence electrons. The largest absolute Gasteiger partial charge is 0.462 e. The Hall–Kier alpha value is -2.99. The van der Waals surface area contributed by atoms with Gasteiger partial charge in [-0.15, -0.1) is 21.5 Å². The highest BCUT2D eigenvalue weighted by atomic mass is 32.2. The normalized spacial score (nSPS) is 11.3. The van der Waals surface area contributed by atoms with Crippen LogP contribution in [0.25, 0.3) is 11.1 Å². The van der Waals surface area contributed by atoms with Gasteiger partial charge in [0.1, 0.15) is 23.0 Å². The third-order valence-electron chi connectivity index (χ3n) is 4.05. The van der Waals surface area contributed by atoms with Gasteiger partial charge in [0, 0.05) is 5.38 Å². The number of rotatable bonds is 7. The number of anilines is 1. The number of aromatic nitrogens is 5. The van der Waals surface area contributed by atoms with E-state index >= 15 is 0 Å². The van der Waals surface area contributed by atoms with Crippen LogP contribution in [0.15, 0.2) is 19.4 Å². The molecule has 0 spiro atoms. The van der Waals surface area contributed by atoms with Crippen molar-refractivity contribution in [2.24, 2.45) is 0 Å². The molecule has 4 heterocycles. The van der Waals surface area contributed by atoms with Gasteiger partial charge in [-0.1, -0.05) is 11.8 Å². The lowest BCUT2D eigenvalue weighted by Crippen LogP contribution is -2.07. The number of ether oxygens (including phenoxy) is 1. The van der Waals surface area contributed by atoms with Crippen molar-refractivity contribution < 1.29 is 18.4 Å².